The summed E-state index contributed by atoms with van der Waals surface area (Å²) in [4.78, 5) is 40.7. The van der Waals surface area contributed by atoms with Crippen LogP contribution in [0.2, 0.25) is 0 Å². The van der Waals surface area contributed by atoms with Crippen LogP contribution in [0.4, 0.5) is 9.18 Å². The molecule has 0 spiro atoms. The smallest absolute Gasteiger partial charge is 0.465 e. The van der Waals surface area contributed by atoms with Crippen LogP contribution >= 0.6 is 0 Å². The summed E-state index contributed by atoms with van der Waals surface area (Å²) in [6.45, 7) is 10.5. The first-order chi connectivity index (χ1) is 30.9. The monoisotopic (exact) mass is 896 g/mol. The Morgan fingerprint density at radius 3 is 1.75 bits per heavy atom. The number of esters is 2. The molecular weight excluding hydrogens is 802 g/mol. The largest absolute Gasteiger partial charge is 0.508 e. The van der Waals surface area contributed by atoms with Crippen LogP contribution in [-0.2, 0) is 38.0 Å². The topological polar surface area (TPSA) is 110 Å². The second-order valence-corrected chi connectivity index (χ2v) is 17.6. The summed E-state index contributed by atoms with van der Waals surface area (Å²) in [5.41, 5.74) is 0. The highest BCUT2D eigenvalue weighted by Gasteiger charge is 2.23. The van der Waals surface area contributed by atoms with Crippen molar-refractivity contribution in [1.29, 1.82) is 0 Å². The van der Waals surface area contributed by atoms with Crippen molar-refractivity contribution in [2.75, 3.05) is 66.0 Å². The molecular formula is C52H94FNO9. The van der Waals surface area contributed by atoms with Crippen LogP contribution in [0, 0.1) is 11.8 Å². The third-order valence-electron chi connectivity index (χ3n) is 11.7. The van der Waals surface area contributed by atoms with Crippen molar-refractivity contribution in [2.24, 2.45) is 11.8 Å². The van der Waals surface area contributed by atoms with Gasteiger partial charge in [-0.3, -0.25) is 14.0 Å². The van der Waals surface area contributed by atoms with Crippen molar-refractivity contribution < 1.29 is 47.2 Å². The number of halogens is 1. The molecule has 368 valence electrons. The van der Waals surface area contributed by atoms with Crippen molar-refractivity contribution >= 4 is 18.1 Å². The lowest BCUT2D eigenvalue weighted by Gasteiger charge is -2.31. The van der Waals surface area contributed by atoms with Gasteiger partial charge in [-0.2, -0.15) is 0 Å². The van der Waals surface area contributed by atoms with Gasteiger partial charge in [0.15, 0.2) is 6.29 Å². The Labute approximate surface area is 384 Å². The number of ether oxygens (including phenoxy) is 6. The third-order valence-corrected chi connectivity index (χ3v) is 11.7. The van der Waals surface area contributed by atoms with E-state index in [9.17, 15) is 18.8 Å². The van der Waals surface area contributed by atoms with Crippen molar-refractivity contribution in [1.82, 2.24) is 4.90 Å². The summed E-state index contributed by atoms with van der Waals surface area (Å²) < 4.78 is 46.8. The van der Waals surface area contributed by atoms with Gasteiger partial charge in [-0.15, -0.1) is 0 Å². The highest BCUT2D eigenvalue weighted by atomic mass is 19.1. The van der Waals surface area contributed by atoms with Gasteiger partial charge in [0.05, 0.1) is 25.6 Å². The van der Waals surface area contributed by atoms with E-state index in [4.69, 9.17) is 28.4 Å². The molecule has 0 bridgehead atoms. The lowest BCUT2D eigenvalue weighted by atomic mass is 9.99. The number of nitrogens with zero attached hydrogens (tertiary/aromatic N) is 1. The minimum absolute atomic E-state index is 0.0329. The standard InChI is InChI=1S/C52H94FNO9/c1-4-7-9-11-13-14-15-16-17-18-19-20-21-25-29-35-49(55)60-44-48(46-63-52(57)62-43-47-34-33-39-54(6-3)42-47)45-61-50(56)36-37-51(58-40-31-27-23-12-10-8-5-2)59-41-32-28-24-22-26-30-38-53/h13-14,16-17,47-48,51H,4-12,15,18-46H2,1-3H3/b14-13-,17-16-. The summed E-state index contributed by atoms with van der Waals surface area (Å²) >= 11 is 0. The van der Waals surface area contributed by atoms with Crippen LogP contribution in [0.15, 0.2) is 24.3 Å². The van der Waals surface area contributed by atoms with Crippen molar-refractivity contribution in [2.45, 2.75) is 213 Å². The highest BCUT2D eigenvalue weighted by Crippen LogP contribution is 2.18. The number of hydrogen-bond donors (Lipinski definition) is 0. The Balaban J connectivity index is 2.56. The molecule has 1 rings (SSSR count). The number of carbonyl (C=O) groups is 3. The van der Waals surface area contributed by atoms with Gasteiger partial charge in [0.25, 0.3) is 0 Å². The average molecular weight is 896 g/mol. The maximum absolute atomic E-state index is 13.0. The van der Waals surface area contributed by atoms with E-state index in [2.05, 4.69) is 50.0 Å². The van der Waals surface area contributed by atoms with Gasteiger partial charge in [-0.1, -0.05) is 141 Å². The van der Waals surface area contributed by atoms with Crippen LogP contribution in [0.25, 0.3) is 0 Å². The predicted molar refractivity (Wildman–Crippen MR) is 253 cm³/mol. The molecule has 1 fully saturated rings. The van der Waals surface area contributed by atoms with Gasteiger partial charge < -0.3 is 33.3 Å². The molecule has 0 aromatic rings. The number of piperidine rings is 1. The molecule has 3 atom stereocenters. The number of likely N-dealkylation sites (tertiary alicyclic amines) is 1. The zero-order valence-electron chi connectivity index (χ0n) is 40.6. The Hall–Kier alpha value is -2.50. The van der Waals surface area contributed by atoms with E-state index in [1.54, 1.807) is 0 Å². The first-order valence-corrected chi connectivity index (χ1v) is 25.8. The molecule has 0 aromatic carbocycles. The average Bonchev–Trinajstić information content (AvgIpc) is 3.29. The minimum Gasteiger partial charge on any atom is -0.465 e. The molecule has 11 heteroatoms. The van der Waals surface area contributed by atoms with Gasteiger partial charge in [0.2, 0.25) is 0 Å². The maximum atomic E-state index is 13.0. The second kappa shape index (κ2) is 44.7. The molecule has 10 nitrogen and oxygen atoms in total. The van der Waals surface area contributed by atoms with Crippen molar-refractivity contribution in [3.05, 3.63) is 24.3 Å². The van der Waals surface area contributed by atoms with Crippen LogP contribution in [0.1, 0.15) is 207 Å². The quantitative estimate of drug-likeness (QED) is 0.0193. The predicted octanol–water partition coefficient (Wildman–Crippen LogP) is 13.6. The molecule has 0 amide bonds. The molecule has 0 aromatic heterocycles. The first-order valence-electron chi connectivity index (χ1n) is 25.8. The summed E-state index contributed by atoms with van der Waals surface area (Å²) in [5, 5.41) is 0. The normalized spacial score (nSPS) is 15.5. The number of unbranched alkanes of at least 4 members (excludes halogenated alkanes) is 19. The SMILES string of the molecule is CCCCC/C=C\C/C=C\CCCCCCCC(=O)OCC(COC(=O)CCC(OCCCCCCCCC)OCCCCCCCCF)COC(=O)OCC1CCCN(CC)C1. The van der Waals surface area contributed by atoms with Crippen molar-refractivity contribution in [3.63, 3.8) is 0 Å². The lowest BCUT2D eigenvalue weighted by Crippen LogP contribution is -2.37. The number of hydrogen-bond acceptors (Lipinski definition) is 10. The summed E-state index contributed by atoms with van der Waals surface area (Å²) in [6, 6.07) is 0. The number of alkyl halides is 1. The van der Waals surface area contributed by atoms with Crippen LogP contribution in [0.5, 0.6) is 0 Å². The Kier molecular flexibility index (Phi) is 41.5. The highest BCUT2D eigenvalue weighted by molar-refractivity contribution is 5.69. The molecule has 0 aliphatic carbocycles. The lowest BCUT2D eigenvalue weighted by molar-refractivity contribution is -0.161. The van der Waals surface area contributed by atoms with E-state index in [0.717, 1.165) is 122 Å². The van der Waals surface area contributed by atoms with Crippen LogP contribution in [0.3, 0.4) is 0 Å². The van der Waals surface area contributed by atoms with E-state index in [1.807, 2.05) is 0 Å². The van der Waals surface area contributed by atoms with E-state index in [0.29, 0.717) is 39.1 Å². The molecule has 63 heavy (non-hydrogen) atoms. The molecule has 0 saturated carbocycles. The Bertz CT molecular complexity index is 1100. The van der Waals surface area contributed by atoms with E-state index in [1.165, 1.54) is 57.8 Å². The molecule has 1 saturated heterocycles. The maximum Gasteiger partial charge on any atom is 0.508 e. The third kappa shape index (κ3) is 38.5. The van der Waals surface area contributed by atoms with Gasteiger partial charge >= 0.3 is 18.1 Å². The van der Waals surface area contributed by atoms with Gasteiger partial charge in [0, 0.05) is 38.5 Å². The first kappa shape index (κ1) is 58.5. The Morgan fingerprint density at radius 2 is 1.13 bits per heavy atom. The number of rotatable bonds is 44. The molecule has 1 heterocycles. The molecule has 3 unspecified atom stereocenters. The van der Waals surface area contributed by atoms with Gasteiger partial charge in [-0.25, -0.2) is 4.79 Å². The minimum atomic E-state index is -0.769. The summed E-state index contributed by atoms with van der Waals surface area (Å²) in [6.07, 6.45) is 36.6. The number of allylic oxidation sites excluding steroid dienone is 4. The fourth-order valence-electron chi connectivity index (χ4n) is 7.62. The van der Waals surface area contributed by atoms with E-state index in [-0.39, 0.29) is 44.8 Å². The van der Waals surface area contributed by atoms with Gasteiger partial charge in [0.1, 0.15) is 19.8 Å². The molecule has 1 aliphatic heterocycles. The molecule has 0 radical (unpaired) electrons. The second-order valence-electron chi connectivity index (χ2n) is 17.6. The fourth-order valence-corrected chi connectivity index (χ4v) is 7.62. The van der Waals surface area contributed by atoms with Crippen molar-refractivity contribution in [3.8, 4) is 0 Å². The fraction of sp³-hybridized carbons (Fsp3) is 0.865. The van der Waals surface area contributed by atoms with Gasteiger partial charge in [-0.05, 0) is 83.7 Å². The Morgan fingerprint density at radius 1 is 0.603 bits per heavy atom. The zero-order valence-corrected chi connectivity index (χ0v) is 40.6. The summed E-state index contributed by atoms with van der Waals surface area (Å²) in [7, 11) is 0. The van der Waals surface area contributed by atoms with E-state index < -0.39 is 24.3 Å². The molecule has 1 aliphatic rings. The van der Waals surface area contributed by atoms with E-state index >= 15 is 0 Å². The number of carbonyl (C=O) groups excluding carboxylic acids is 3. The zero-order chi connectivity index (χ0) is 45.7. The molecule has 0 N–H and O–H groups in total. The van der Waals surface area contributed by atoms with Crippen LogP contribution in [-0.4, -0.2) is 95.2 Å². The summed E-state index contributed by atoms with van der Waals surface area (Å²) in [5.74, 6) is -0.998. The van der Waals surface area contributed by atoms with Crippen LogP contribution < -0.4 is 0 Å².